The van der Waals surface area contributed by atoms with Crippen LogP contribution < -0.4 is 10.6 Å². The van der Waals surface area contributed by atoms with Crippen molar-refractivity contribution in [3.8, 4) is 23.0 Å². The second kappa shape index (κ2) is 10.3. The number of pyridine rings is 1. The van der Waals surface area contributed by atoms with E-state index in [1.807, 2.05) is 38.1 Å². The number of carbonyl (C=O) groups excluding carboxylic acids is 3. The summed E-state index contributed by atoms with van der Waals surface area (Å²) in [5.41, 5.74) is 2.80. The zero-order chi connectivity index (χ0) is 29.8. The van der Waals surface area contributed by atoms with E-state index in [0.29, 0.717) is 33.7 Å². The second-order valence-corrected chi connectivity index (χ2v) is 11.6. The molecular formula is C30H27BrN8O3. The second-order valence-electron chi connectivity index (χ2n) is 10.7. The van der Waals surface area contributed by atoms with E-state index >= 15 is 0 Å². The van der Waals surface area contributed by atoms with Gasteiger partial charge in [-0.1, -0.05) is 24.0 Å². The topological polar surface area (TPSA) is 135 Å². The normalized spacial score (nSPS) is 20.4. The number of nitrogens with one attached hydrogen (secondary N) is 2. The molecule has 42 heavy (non-hydrogen) atoms. The van der Waals surface area contributed by atoms with Crippen molar-refractivity contribution in [2.24, 2.45) is 5.41 Å². The Kier molecular flexibility index (Phi) is 6.77. The van der Waals surface area contributed by atoms with Gasteiger partial charge < -0.3 is 15.5 Å². The number of Topliss-reactive ketones (excluding diaryl/α,β-unsaturated/α-hetero) is 1. The molecule has 0 spiro atoms. The molecule has 1 fully saturated rings. The summed E-state index contributed by atoms with van der Waals surface area (Å²) in [5.74, 6) is 6.30. The van der Waals surface area contributed by atoms with Crippen molar-refractivity contribution < 1.29 is 14.4 Å². The van der Waals surface area contributed by atoms with E-state index in [9.17, 15) is 14.4 Å². The van der Waals surface area contributed by atoms with Gasteiger partial charge in [-0.2, -0.15) is 5.10 Å². The van der Waals surface area contributed by atoms with Crippen LogP contribution in [0.15, 0.2) is 47.3 Å². The van der Waals surface area contributed by atoms with Crippen molar-refractivity contribution in [1.82, 2.24) is 29.6 Å². The summed E-state index contributed by atoms with van der Waals surface area (Å²) < 4.78 is 2.12. The van der Waals surface area contributed by atoms with E-state index in [-0.39, 0.29) is 29.8 Å². The molecule has 0 radical (unpaired) electrons. The minimum Gasteiger partial charge on any atom is -0.357 e. The fourth-order valence-electron chi connectivity index (χ4n) is 5.53. The summed E-state index contributed by atoms with van der Waals surface area (Å²) in [4.78, 5) is 54.5. The van der Waals surface area contributed by atoms with E-state index in [1.54, 1.807) is 30.4 Å². The molecule has 2 N–H and O–H groups in total. The van der Waals surface area contributed by atoms with Gasteiger partial charge in [-0.25, -0.2) is 15.0 Å². The first-order chi connectivity index (χ1) is 20.1. The standard InChI is InChI=1S/C30H27BrN8O3/c1-16-5-8-24(31)35-27(16)36-28(42)22-12-30(3)10-9-23(30)39(22)25(41)15-38-21-7-6-18(11-20(21)26(37-38)17(2)40)19-13-33-29(32-4)34-14-19/h5-8,11,13-14,22-23H,12,15H2,1-4H3,(H,32,33,34)(H,35,36,42)/t22-,23+,30+/m0/s1. The molecule has 2 amide bonds. The van der Waals surface area contributed by atoms with Crippen LogP contribution in [0, 0.1) is 24.2 Å². The van der Waals surface area contributed by atoms with Crippen molar-refractivity contribution in [3.63, 3.8) is 0 Å². The molecule has 0 bridgehead atoms. The Morgan fingerprint density at radius 2 is 1.90 bits per heavy atom. The quantitative estimate of drug-likeness (QED) is 0.179. The lowest BCUT2D eigenvalue weighted by atomic mass is 9.76. The van der Waals surface area contributed by atoms with Crippen molar-refractivity contribution >= 4 is 56.2 Å². The lowest BCUT2D eigenvalue weighted by Gasteiger charge is -2.34. The Morgan fingerprint density at radius 1 is 1.14 bits per heavy atom. The van der Waals surface area contributed by atoms with Crippen LogP contribution in [0.1, 0.15) is 36.3 Å². The highest BCUT2D eigenvalue weighted by molar-refractivity contribution is 9.10. The smallest absolute Gasteiger partial charge is 0.248 e. The number of aromatic nitrogens is 5. The Morgan fingerprint density at radius 3 is 2.57 bits per heavy atom. The molecule has 1 aliphatic heterocycles. The average molecular weight is 628 g/mol. The number of halogens is 1. The number of likely N-dealkylation sites (tertiary alicyclic amines) is 1. The Balaban J connectivity index is 1.30. The van der Waals surface area contributed by atoms with Gasteiger partial charge in [-0.3, -0.25) is 19.1 Å². The third-order valence-corrected chi connectivity index (χ3v) is 8.24. The monoisotopic (exact) mass is 626 g/mol. The van der Waals surface area contributed by atoms with Crippen LogP contribution in [0.2, 0.25) is 0 Å². The number of aryl methyl sites for hydroxylation is 1. The van der Waals surface area contributed by atoms with E-state index in [2.05, 4.69) is 58.5 Å². The van der Waals surface area contributed by atoms with Crippen LogP contribution in [0.3, 0.4) is 0 Å². The SMILES string of the molecule is CNc1ncc(-c2ccc3c(c2)c(C(C)=O)nn3CC(=O)N2[C@H](C(=O)Nc3nc(Br)ccc3C)C[C@@]3(C)C#C[C@@H]23)cn1. The summed E-state index contributed by atoms with van der Waals surface area (Å²) in [7, 11) is 1.74. The van der Waals surface area contributed by atoms with Gasteiger partial charge in [0.25, 0.3) is 0 Å². The van der Waals surface area contributed by atoms with Gasteiger partial charge in [0, 0.05) is 37.3 Å². The van der Waals surface area contributed by atoms with Crippen LogP contribution >= 0.6 is 15.9 Å². The molecular weight excluding hydrogens is 600 g/mol. The molecule has 0 saturated carbocycles. The number of nitrogens with zero attached hydrogens (tertiary/aromatic N) is 6. The molecule has 11 nitrogen and oxygen atoms in total. The number of carbonyl (C=O) groups is 3. The first-order valence-corrected chi connectivity index (χ1v) is 14.2. The predicted molar refractivity (Wildman–Crippen MR) is 161 cm³/mol. The molecule has 2 aliphatic rings. The first-order valence-electron chi connectivity index (χ1n) is 13.4. The third kappa shape index (κ3) is 4.69. The Labute approximate surface area is 250 Å². The van der Waals surface area contributed by atoms with E-state index in [1.165, 1.54) is 11.6 Å². The highest BCUT2D eigenvalue weighted by Gasteiger charge is 2.56. The number of rotatable bonds is 7. The Hall–Kier alpha value is -4.63. The summed E-state index contributed by atoms with van der Waals surface area (Å²) in [6.45, 7) is 5.11. The maximum absolute atomic E-state index is 13.9. The summed E-state index contributed by atoms with van der Waals surface area (Å²) in [5, 5.41) is 10.9. The molecule has 1 aromatic carbocycles. The average Bonchev–Trinajstić information content (AvgIpc) is 3.43. The van der Waals surface area contributed by atoms with Gasteiger partial charge >= 0.3 is 0 Å². The van der Waals surface area contributed by atoms with Crippen molar-refractivity contribution in [2.45, 2.75) is 45.8 Å². The summed E-state index contributed by atoms with van der Waals surface area (Å²) in [6, 6.07) is 8.06. The maximum atomic E-state index is 13.9. The number of ketones is 1. The fourth-order valence-corrected chi connectivity index (χ4v) is 5.84. The summed E-state index contributed by atoms with van der Waals surface area (Å²) >= 11 is 3.35. The zero-order valence-electron chi connectivity index (χ0n) is 23.4. The predicted octanol–water partition coefficient (Wildman–Crippen LogP) is 3.84. The summed E-state index contributed by atoms with van der Waals surface area (Å²) in [6.07, 6.45) is 3.80. The molecule has 4 aromatic rings. The zero-order valence-corrected chi connectivity index (χ0v) is 25.0. The minimum absolute atomic E-state index is 0.157. The largest absolute Gasteiger partial charge is 0.357 e. The number of anilines is 2. The third-order valence-electron chi connectivity index (χ3n) is 7.80. The molecule has 0 unspecified atom stereocenters. The lowest BCUT2D eigenvalue weighted by molar-refractivity contribution is -0.138. The molecule has 1 saturated heterocycles. The molecule has 3 atom stereocenters. The van der Waals surface area contributed by atoms with Crippen LogP contribution in [0.4, 0.5) is 11.8 Å². The van der Waals surface area contributed by atoms with Crippen LogP contribution in [-0.4, -0.2) is 66.4 Å². The molecule has 12 heteroatoms. The molecule has 212 valence electrons. The van der Waals surface area contributed by atoms with Gasteiger partial charge in [-0.15, -0.1) is 0 Å². The van der Waals surface area contributed by atoms with E-state index < -0.39 is 17.5 Å². The number of fused-ring (bicyclic) bond motifs is 2. The fraction of sp³-hybridized carbons (Fsp3) is 0.300. The van der Waals surface area contributed by atoms with Crippen molar-refractivity contribution in [1.29, 1.82) is 0 Å². The Bertz CT molecular complexity index is 1840. The van der Waals surface area contributed by atoms with E-state index in [0.717, 1.165) is 16.7 Å². The molecule has 1 aliphatic carbocycles. The van der Waals surface area contributed by atoms with Crippen LogP contribution in [0.25, 0.3) is 22.0 Å². The minimum atomic E-state index is -0.753. The van der Waals surface area contributed by atoms with Crippen molar-refractivity contribution in [3.05, 3.63) is 58.6 Å². The highest BCUT2D eigenvalue weighted by atomic mass is 79.9. The molecule has 6 rings (SSSR count). The van der Waals surface area contributed by atoms with Gasteiger partial charge in [0.15, 0.2) is 5.78 Å². The first kappa shape index (κ1) is 27.5. The number of amides is 2. The van der Waals surface area contributed by atoms with Gasteiger partial charge in [0.05, 0.1) is 10.9 Å². The molecule has 3 aromatic heterocycles. The lowest BCUT2D eigenvalue weighted by Crippen LogP contribution is -2.50. The molecule has 4 heterocycles. The van der Waals surface area contributed by atoms with Gasteiger partial charge in [0.2, 0.25) is 17.8 Å². The van der Waals surface area contributed by atoms with Crippen molar-refractivity contribution in [2.75, 3.05) is 17.7 Å². The number of hydrogen-bond acceptors (Lipinski definition) is 8. The van der Waals surface area contributed by atoms with Crippen LogP contribution in [-0.2, 0) is 16.1 Å². The van der Waals surface area contributed by atoms with E-state index in [4.69, 9.17) is 0 Å². The van der Waals surface area contributed by atoms with Gasteiger partial charge in [0.1, 0.15) is 34.7 Å². The number of hydrogen-bond donors (Lipinski definition) is 2. The number of benzene rings is 1. The highest BCUT2D eigenvalue weighted by Crippen LogP contribution is 2.45. The van der Waals surface area contributed by atoms with Crippen LogP contribution in [0.5, 0.6) is 0 Å². The van der Waals surface area contributed by atoms with Gasteiger partial charge in [-0.05, 0) is 65.5 Å². The maximum Gasteiger partial charge on any atom is 0.248 e.